The second-order valence-electron chi connectivity index (χ2n) is 6.33. The summed E-state index contributed by atoms with van der Waals surface area (Å²) in [4.78, 5) is 25.6. The Hall–Kier alpha value is -1.62. The van der Waals surface area contributed by atoms with Gasteiger partial charge in [-0.1, -0.05) is 13.8 Å². The lowest BCUT2D eigenvalue weighted by atomic mass is 10.0. The lowest BCUT2D eigenvalue weighted by molar-refractivity contribution is -0.136. The maximum absolute atomic E-state index is 12.6. The number of aliphatic carboxylic acids is 1. The molecule has 0 aliphatic carbocycles. The van der Waals surface area contributed by atoms with Crippen LogP contribution < -0.4 is 5.56 Å². The number of carboxylic acids is 1. The number of aryl methyl sites for hydroxylation is 1. The third-order valence-electron chi connectivity index (χ3n) is 3.89. The van der Waals surface area contributed by atoms with Crippen LogP contribution in [0.4, 0.5) is 0 Å². The van der Waals surface area contributed by atoms with Gasteiger partial charge in [0.15, 0.2) is 0 Å². The monoisotopic (exact) mass is 292 g/mol. The molecule has 0 atom stereocenters. The average molecular weight is 292 g/mol. The van der Waals surface area contributed by atoms with Crippen LogP contribution in [0, 0.1) is 5.92 Å². The highest BCUT2D eigenvalue weighted by molar-refractivity contribution is 5.67. The first-order chi connectivity index (χ1) is 9.88. The molecule has 1 aromatic heterocycles. The van der Waals surface area contributed by atoms with Crippen LogP contribution in [0.25, 0.3) is 0 Å². The Morgan fingerprint density at radius 1 is 1.43 bits per heavy atom. The molecule has 0 aromatic carbocycles. The topological polar surface area (TPSA) is 62.5 Å². The third-order valence-corrected chi connectivity index (χ3v) is 3.89. The normalized spacial score (nSPS) is 15.2. The molecule has 0 fully saturated rings. The van der Waals surface area contributed by atoms with E-state index in [0.29, 0.717) is 24.4 Å². The highest BCUT2D eigenvalue weighted by Crippen LogP contribution is 2.19. The van der Waals surface area contributed by atoms with Crippen LogP contribution in [0.1, 0.15) is 37.1 Å². The molecule has 0 amide bonds. The van der Waals surface area contributed by atoms with Crippen LogP contribution in [0.3, 0.4) is 0 Å². The number of nitrogens with zero attached hydrogens (tertiary/aromatic N) is 2. The summed E-state index contributed by atoms with van der Waals surface area (Å²) in [6.07, 6.45) is 1.20. The first kappa shape index (κ1) is 15.8. The van der Waals surface area contributed by atoms with Gasteiger partial charge < -0.3 is 14.6 Å². The van der Waals surface area contributed by atoms with Gasteiger partial charge in [-0.2, -0.15) is 0 Å². The van der Waals surface area contributed by atoms with Crippen molar-refractivity contribution in [2.75, 3.05) is 13.6 Å². The zero-order valence-corrected chi connectivity index (χ0v) is 13.1. The van der Waals surface area contributed by atoms with Gasteiger partial charge >= 0.3 is 5.97 Å². The number of hydrogen-bond donors (Lipinski definition) is 1. The lowest BCUT2D eigenvalue weighted by Gasteiger charge is -2.28. The Labute approximate surface area is 125 Å². The van der Waals surface area contributed by atoms with E-state index in [1.54, 1.807) is 0 Å². The van der Waals surface area contributed by atoms with E-state index in [0.717, 1.165) is 25.2 Å². The minimum Gasteiger partial charge on any atom is -0.481 e. The first-order valence-corrected chi connectivity index (χ1v) is 7.53. The summed E-state index contributed by atoms with van der Waals surface area (Å²) in [7, 11) is 2.07. The smallest absolute Gasteiger partial charge is 0.303 e. The van der Waals surface area contributed by atoms with E-state index in [1.807, 2.05) is 10.6 Å². The van der Waals surface area contributed by atoms with Crippen molar-refractivity contribution in [2.24, 2.45) is 5.92 Å². The van der Waals surface area contributed by atoms with Gasteiger partial charge in [-0.15, -0.1) is 0 Å². The number of pyridine rings is 1. The van der Waals surface area contributed by atoms with Crippen molar-refractivity contribution >= 4 is 5.97 Å². The summed E-state index contributed by atoms with van der Waals surface area (Å²) in [5, 5.41) is 8.84. The molecular weight excluding hydrogens is 268 g/mol. The van der Waals surface area contributed by atoms with E-state index in [9.17, 15) is 9.59 Å². The molecule has 1 N–H and O–H groups in total. The van der Waals surface area contributed by atoms with E-state index in [-0.39, 0.29) is 12.0 Å². The van der Waals surface area contributed by atoms with E-state index in [1.165, 1.54) is 5.56 Å². The first-order valence-electron chi connectivity index (χ1n) is 7.53. The van der Waals surface area contributed by atoms with Crippen LogP contribution in [-0.4, -0.2) is 34.1 Å². The van der Waals surface area contributed by atoms with Crippen LogP contribution in [0.5, 0.6) is 0 Å². The van der Waals surface area contributed by atoms with Gasteiger partial charge in [0.05, 0.1) is 0 Å². The number of likely N-dealkylation sites (N-methyl/N-ethyl adjacent to an activating group) is 1. The van der Waals surface area contributed by atoms with Crippen LogP contribution in [-0.2, 0) is 30.7 Å². The fourth-order valence-corrected chi connectivity index (χ4v) is 2.90. The Kier molecular flexibility index (Phi) is 4.83. The molecule has 2 heterocycles. The predicted molar refractivity (Wildman–Crippen MR) is 81.5 cm³/mol. The molecule has 0 spiro atoms. The molecule has 1 aliphatic heterocycles. The summed E-state index contributed by atoms with van der Waals surface area (Å²) in [5.74, 6) is -0.471. The van der Waals surface area contributed by atoms with Gasteiger partial charge in [-0.25, -0.2) is 0 Å². The second-order valence-corrected chi connectivity index (χ2v) is 6.33. The summed E-state index contributed by atoms with van der Waals surface area (Å²) in [5.41, 5.74) is 2.93. The highest BCUT2D eigenvalue weighted by atomic mass is 16.4. The molecular formula is C16H24N2O3. The number of rotatable bonds is 5. The van der Waals surface area contributed by atoms with Crippen molar-refractivity contribution in [3.8, 4) is 0 Å². The lowest BCUT2D eigenvalue weighted by Crippen LogP contribution is -2.36. The molecule has 0 unspecified atom stereocenters. The maximum atomic E-state index is 12.6. The van der Waals surface area contributed by atoms with Crippen molar-refractivity contribution in [3.05, 3.63) is 33.2 Å². The van der Waals surface area contributed by atoms with Gasteiger partial charge in [0, 0.05) is 43.7 Å². The summed E-state index contributed by atoms with van der Waals surface area (Å²) >= 11 is 0. The summed E-state index contributed by atoms with van der Waals surface area (Å²) in [6.45, 7) is 6.67. The van der Waals surface area contributed by atoms with Crippen molar-refractivity contribution < 1.29 is 9.90 Å². The molecule has 0 saturated carbocycles. The van der Waals surface area contributed by atoms with Gasteiger partial charge in [-0.05, 0) is 31.0 Å². The fraction of sp³-hybridized carbons (Fsp3) is 0.625. The molecule has 21 heavy (non-hydrogen) atoms. The molecule has 0 bridgehead atoms. The minimum atomic E-state index is -0.861. The number of carbonyl (C=O) groups is 1. The fourth-order valence-electron chi connectivity index (χ4n) is 2.90. The molecule has 2 rings (SSSR count). The number of aromatic nitrogens is 1. The van der Waals surface area contributed by atoms with E-state index in [2.05, 4.69) is 25.8 Å². The molecule has 1 aromatic rings. The minimum absolute atomic E-state index is 0.00550. The zero-order chi connectivity index (χ0) is 15.6. The molecule has 1 aliphatic rings. The van der Waals surface area contributed by atoms with Crippen molar-refractivity contribution in [1.29, 1.82) is 0 Å². The van der Waals surface area contributed by atoms with Crippen LogP contribution in [0.15, 0.2) is 10.9 Å². The quantitative estimate of drug-likeness (QED) is 0.893. The number of fused-ring (bicyclic) bond motifs is 1. The highest BCUT2D eigenvalue weighted by Gasteiger charge is 2.20. The molecule has 116 valence electrons. The molecule has 0 radical (unpaired) electrons. The Morgan fingerprint density at radius 2 is 2.14 bits per heavy atom. The van der Waals surface area contributed by atoms with Crippen molar-refractivity contribution in [3.63, 3.8) is 0 Å². The largest absolute Gasteiger partial charge is 0.481 e. The van der Waals surface area contributed by atoms with Gasteiger partial charge in [0.1, 0.15) is 0 Å². The standard InChI is InChI=1S/C16H24N2O3/c1-11(2)9-18-14-6-7-17(3)10-13(14)8-12(16(18)21)4-5-15(19)20/h8,11H,4-7,9-10H2,1-3H3,(H,19,20). The van der Waals surface area contributed by atoms with Gasteiger partial charge in [-0.3, -0.25) is 9.59 Å². The van der Waals surface area contributed by atoms with Gasteiger partial charge in [0.2, 0.25) is 0 Å². The number of hydrogen-bond acceptors (Lipinski definition) is 3. The van der Waals surface area contributed by atoms with E-state index < -0.39 is 5.97 Å². The van der Waals surface area contributed by atoms with Gasteiger partial charge in [0.25, 0.3) is 5.56 Å². The average Bonchev–Trinajstić information content (AvgIpc) is 2.39. The summed E-state index contributed by atoms with van der Waals surface area (Å²) in [6, 6.07) is 1.92. The molecule has 5 heteroatoms. The molecule has 5 nitrogen and oxygen atoms in total. The number of carboxylic acid groups (broad SMARTS) is 1. The molecule has 0 saturated heterocycles. The Bertz CT molecular complexity index is 590. The van der Waals surface area contributed by atoms with Crippen molar-refractivity contribution in [2.45, 2.75) is 46.2 Å². The third kappa shape index (κ3) is 3.73. The van der Waals surface area contributed by atoms with E-state index >= 15 is 0 Å². The van der Waals surface area contributed by atoms with Crippen LogP contribution >= 0.6 is 0 Å². The predicted octanol–water partition coefficient (Wildman–Crippen LogP) is 1.51. The second kappa shape index (κ2) is 6.43. The maximum Gasteiger partial charge on any atom is 0.303 e. The van der Waals surface area contributed by atoms with Crippen molar-refractivity contribution in [1.82, 2.24) is 9.47 Å². The van der Waals surface area contributed by atoms with E-state index in [4.69, 9.17) is 5.11 Å². The SMILES string of the molecule is CC(C)Cn1c2c(cc(CCC(=O)O)c1=O)CN(C)CC2. The Balaban J connectivity index is 2.45. The Morgan fingerprint density at radius 3 is 2.76 bits per heavy atom. The summed E-state index contributed by atoms with van der Waals surface area (Å²) < 4.78 is 1.88. The zero-order valence-electron chi connectivity index (χ0n) is 13.1. The van der Waals surface area contributed by atoms with Crippen LogP contribution in [0.2, 0.25) is 0 Å².